The molecular formula is C38H32N4. The number of fused-ring (bicyclic) bond motifs is 6. The SMILES string of the molecule is CCc1nc(CC)nc(-c2ccc3cc4c(cc3c2)Cc2ccc(-n3c5ccccc5c5cccc(C)c53)cc2C4)n1. The molecule has 0 fully saturated rings. The molecule has 0 aliphatic heterocycles. The van der Waals surface area contributed by atoms with Crippen molar-refractivity contribution in [1.82, 2.24) is 19.5 Å². The van der Waals surface area contributed by atoms with Crippen LogP contribution in [0.3, 0.4) is 0 Å². The molecule has 7 aromatic rings. The van der Waals surface area contributed by atoms with Crippen molar-refractivity contribution in [3.63, 3.8) is 0 Å². The van der Waals surface area contributed by atoms with E-state index in [2.05, 4.69) is 121 Å². The van der Waals surface area contributed by atoms with Gasteiger partial charge < -0.3 is 4.57 Å². The van der Waals surface area contributed by atoms with Crippen LogP contribution < -0.4 is 0 Å². The predicted molar refractivity (Wildman–Crippen MR) is 173 cm³/mol. The van der Waals surface area contributed by atoms with Gasteiger partial charge >= 0.3 is 0 Å². The van der Waals surface area contributed by atoms with Crippen molar-refractivity contribution in [2.45, 2.75) is 46.5 Å². The van der Waals surface area contributed by atoms with Crippen molar-refractivity contribution in [1.29, 1.82) is 0 Å². The van der Waals surface area contributed by atoms with E-state index in [0.29, 0.717) is 0 Å². The van der Waals surface area contributed by atoms with E-state index in [9.17, 15) is 0 Å². The maximum atomic E-state index is 4.74. The molecule has 4 heteroatoms. The monoisotopic (exact) mass is 544 g/mol. The summed E-state index contributed by atoms with van der Waals surface area (Å²) in [6, 6.07) is 33.9. The number of para-hydroxylation sites is 2. The van der Waals surface area contributed by atoms with E-state index in [1.807, 2.05) is 0 Å². The third kappa shape index (κ3) is 3.93. The molecule has 4 nitrogen and oxygen atoms in total. The Morgan fingerprint density at radius 1 is 0.619 bits per heavy atom. The normalized spacial score (nSPS) is 12.6. The first-order valence-electron chi connectivity index (χ1n) is 15.0. The molecule has 0 unspecified atom stereocenters. The molecule has 1 aliphatic rings. The van der Waals surface area contributed by atoms with E-state index in [1.165, 1.54) is 66.1 Å². The standard InChI is InChI=1S/C38H32N4/c1-4-35-39-36(5-2)41-38(40-35)26-14-13-24-17-29-21-30-22-31(16-15-25(30)18-28(29)20-27(24)19-26)42-34-12-7-6-10-32(34)33-11-8-9-23(3)37(33)42/h6-17,19-20,22H,4-5,18,21H2,1-3H3. The molecule has 0 amide bonds. The first kappa shape index (κ1) is 24.9. The summed E-state index contributed by atoms with van der Waals surface area (Å²) in [6.45, 7) is 6.40. The van der Waals surface area contributed by atoms with Gasteiger partial charge in [-0.2, -0.15) is 0 Å². The van der Waals surface area contributed by atoms with Gasteiger partial charge in [-0.15, -0.1) is 0 Å². The van der Waals surface area contributed by atoms with Crippen LogP contribution in [0.1, 0.15) is 53.3 Å². The summed E-state index contributed by atoms with van der Waals surface area (Å²) in [5.74, 6) is 2.49. The zero-order valence-corrected chi connectivity index (χ0v) is 24.3. The lowest BCUT2D eigenvalue weighted by molar-refractivity contribution is 0.831. The Hall–Kier alpha value is -4.83. The highest BCUT2D eigenvalue weighted by Crippen LogP contribution is 2.37. The van der Waals surface area contributed by atoms with Gasteiger partial charge in [0.05, 0.1) is 11.0 Å². The van der Waals surface area contributed by atoms with Crippen molar-refractivity contribution in [2.24, 2.45) is 0 Å². The van der Waals surface area contributed by atoms with E-state index >= 15 is 0 Å². The van der Waals surface area contributed by atoms with Gasteiger partial charge in [0.1, 0.15) is 11.6 Å². The van der Waals surface area contributed by atoms with Gasteiger partial charge in [0.15, 0.2) is 5.82 Å². The lowest BCUT2D eigenvalue weighted by Gasteiger charge is -2.22. The van der Waals surface area contributed by atoms with E-state index < -0.39 is 0 Å². The fourth-order valence-electron chi connectivity index (χ4n) is 6.73. The lowest BCUT2D eigenvalue weighted by Crippen LogP contribution is -2.09. The highest BCUT2D eigenvalue weighted by molar-refractivity contribution is 6.10. The van der Waals surface area contributed by atoms with Gasteiger partial charge in [-0.3, -0.25) is 0 Å². The third-order valence-electron chi connectivity index (χ3n) is 8.88. The second-order valence-corrected chi connectivity index (χ2v) is 11.5. The summed E-state index contributed by atoms with van der Waals surface area (Å²) in [7, 11) is 0. The Bertz CT molecular complexity index is 2160. The van der Waals surface area contributed by atoms with E-state index in [4.69, 9.17) is 9.97 Å². The molecule has 1 aliphatic carbocycles. The number of rotatable bonds is 4. The average Bonchev–Trinajstić information content (AvgIpc) is 3.37. The Morgan fingerprint density at radius 2 is 1.33 bits per heavy atom. The number of aryl methyl sites for hydroxylation is 3. The molecule has 0 saturated heterocycles. The van der Waals surface area contributed by atoms with Crippen LogP contribution in [0.5, 0.6) is 0 Å². The minimum absolute atomic E-state index is 0.775. The maximum Gasteiger partial charge on any atom is 0.163 e. The van der Waals surface area contributed by atoms with Gasteiger partial charge in [-0.05, 0) is 82.6 Å². The molecule has 0 saturated carbocycles. The van der Waals surface area contributed by atoms with Crippen molar-refractivity contribution >= 4 is 32.6 Å². The van der Waals surface area contributed by atoms with Crippen molar-refractivity contribution in [3.05, 3.63) is 130 Å². The first-order valence-corrected chi connectivity index (χ1v) is 15.0. The van der Waals surface area contributed by atoms with E-state index in [0.717, 1.165) is 48.7 Å². The van der Waals surface area contributed by atoms with Gasteiger partial charge in [0.2, 0.25) is 0 Å². The topological polar surface area (TPSA) is 43.6 Å². The van der Waals surface area contributed by atoms with Crippen LogP contribution in [0.15, 0.2) is 91.0 Å². The molecule has 8 rings (SSSR count). The summed E-state index contributed by atoms with van der Waals surface area (Å²) >= 11 is 0. The van der Waals surface area contributed by atoms with Crippen LogP contribution in [-0.2, 0) is 25.7 Å². The van der Waals surface area contributed by atoms with Crippen LogP contribution in [0.25, 0.3) is 49.7 Å². The van der Waals surface area contributed by atoms with E-state index in [-0.39, 0.29) is 0 Å². The number of nitrogens with zero attached hydrogens (tertiary/aromatic N) is 4. The summed E-state index contributed by atoms with van der Waals surface area (Å²) in [6.07, 6.45) is 3.50. The van der Waals surface area contributed by atoms with Crippen LogP contribution in [-0.4, -0.2) is 19.5 Å². The highest BCUT2D eigenvalue weighted by Gasteiger charge is 2.19. The fourth-order valence-corrected chi connectivity index (χ4v) is 6.73. The molecular weight excluding hydrogens is 512 g/mol. The molecule has 0 spiro atoms. The quantitative estimate of drug-likeness (QED) is 0.223. The number of aromatic nitrogens is 4. The highest BCUT2D eigenvalue weighted by atomic mass is 15.0. The maximum absolute atomic E-state index is 4.74. The van der Waals surface area contributed by atoms with Crippen molar-refractivity contribution in [3.8, 4) is 17.1 Å². The molecule has 2 heterocycles. The molecule has 42 heavy (non-hydrogen) atoms. The molecule has 2 aromatic heterocycles. The molecule has 5 aromatic carbocycles. The first-order chi connectivity index (χ1) is 20.6. The van der Waals surface area contributed by atoms with E-state index in [1.54, 1.807) is 0 Å². The third-order valence-corrected chi connectivity index (χ3v) is 8.88. The molecule has 0 atom stereocenters. The van der Waals surface area contributed by atoms with Crippen LogP contribution in [0, 0.1) is 6.92 Å². The fraction of sp³-hybridized carbons (Fsp3) is 0.184. The lowest BCUT2D eigenvalue weighted by atomic mass is 9.84. The second kappa shape index (κ2) is 9.63. The average molecular weight is 545 g/mol. The molecule has 204 valence electrons. The minimum atomic E-state index is 0.775. The summed E-state index contributed by atoms with van der Waals surface area (Å²) < 4.78 is 2.45. The smallest absolute Gasteiger partial charge is 0.163 e. The predicted octanol–water partition coefficient (Wildman–Crippen LogP) is 8.72. The molecule has 0 N–H and O–H groups in total. The Kier molecular flexibility index (Phi) is 5.71. The summed E-state index contributed by atoms with van der Waals surface area (Å²) in [5.41, 5.74) is 11.8. The summed E-state index contributed by atoms with van der Waals surface area (Å²) in [5, 5.41) is 5.12. The van der Waals surface area contributed by atoms with Crippen LogP contribution in [0.4, 0.5) is 0 Å². The van der Waals surface area contributed by atoms with Crippen LogP contribution in [0.2, 0.25) is 0 Å². The number of benzene rings is 5. The number of hydrogen-bond donors (Lipinski definition) is 0. The molecule has 0 bridgehead atoms. The minimum Gasteiger partial charge on any atom is -0.309 e. The van der Waals surface area contributed by atoms with Gasteiger partial charge in [0, 0.05) is 34.9 Å². The number of hydrogen-bond acceptors (Lipinski definition) is 3. The van der Waals surface area contributed by atoms with Crippen molar-refractivity contribution < 1.29 is 0 Å². The van der Waals surface area contributed by atoms with Gasteiger partial charge in [0.25, 0.3) is 0 Å². The Labute approximate surface area is 245 Å². The summed E-state index contributed by atoms with van der Waals surface area (Å²) in [4.78, 5) is 14.1. The zero-order chi connectivity index (χ0) is 28.4. The Morgan fingerprint density at radius 3 is 2.14 bits per heavy atom. The zero-order valence-electron chi connectivity index (χ0n) is 24.3. The molecule has 0 radical (unpaired) electrons. The van der Waals surface area contributed by atoms with Gasteiger partial charge in [-0.25, -0.2) is 15.0 Å². The Balaban J connectivity index is 1.19. The van der Waals surface area contributed by atoms with Crippen LogP contribution >= 0.6 is 0 Å². The van der Waals surface area contributed by atoms with Crippen molar-refractivity contribution in [2.75, 3.05) is 0 Å². The van der Waals surface area contributed by atoms with Gasteiger partial charge in [-0.1, -0.05) is 80.6 Å². The largest absolute Gasteiger partial charge is 0.309 e. The second-order valence-electron chi connectivity index (χ2n) is 11.5.